The first-order chi connectivity index (χ1) is 10.3. The van der Waals surface area contributed by atoms with Gasteiger partial charge in [-0.25, -0.2) is 4.79 Å². The molecule has 0 aliphatic carbocycles. The first-order valence-corrected chi connectivity index (χ1v) is 6.91. The Labute approximate surface area is 123 Å². The lowest BCUT2D eigenvalue weighted by Gasteiger charge is -2.06. The fourth-order valence-corrected chi connectivity index (χ4v) is 2.17. The molecule has 1 heterocycles. The summed E-state index contributed by atoms with van der Waals surface area (Å²) >= 11 is 0. The standard InChI is InChI=1S/C18H15NO2/c1-2-13-3-5-15(6-4-13)18(20)21-17-8-7-14-9-10-19-12-16(14)11-17/h3-12H,2H2,1H3. The van der Waals surface area contributed by atoms with Crippen LogP contribution in [0.2, 0.25) is 0 Å². The molecule has 0 aliphatic heterocycles. The fourth-order valence-electron chi connectivity index (χ4n) is 2.17. The summed E-state index contributed by atoms with van der Waals surface area (Å²) in [6.45, 7) is 2.08. The van der Waals surface area contributed by atoms with Crippen molar-refractivity contribution in [2.24, 2.45) is 0 Å². The molecular formula is C18H15NO2. The molecule has 0 N–H and O–H groups in total. The van der Waals surface area contributed by atoms with E-state index in [2.05, 4.69) is 11.9 Å². The molecule has 0 atom stereocenters. The number of nitrogens with zero attached hydrogens (tertiary/aromatic N) is 1. The third-order valence-electron chi connectivity index (χ3n) is 3.42. The number of hydrogen-bond donors (Lipinski definition) is 0. The summed E-state index contributed by atoms with van der Waals surface area (Å²) in [6, 6.07) is 14.9. The lowest BCUT2D eigenvalue weighted by atomic mass is 10.1. The smallest absolute Gasteiger partial charge is 0.343 e. The van der Waals surface area contributed by atoms with Crippen LogP contribution in [0.3, 0.4) is 0 Å². The van der Waals surface area contributed by atoms with Gasteiger partial charge in [-0.2, -0.15) is 0 Å². The molecular weight excluding hydrogens is 262 g/mol. The van der Waals surface area contributed by atoms with Crippen molar-refractivity contribution in [1.29, 1.82) is 0 Å². The molecule has 21 heavy (non-hydrogen) atoms. The van der Waals surface area contributed by atoms with Gasteiger partial charge in [0.2, 0.25) is 0 Å². The topological polar surface area (TPSA) is 39.2 Å². The zero-order chi connectivity index (χ0) is 14.7. The van der Waals surface area contributed by atoms with Crippen LogP contribution in [0.15, 0.2) is 60.9 Å². The Kier molecular flexibility index (Phi) is 3.65. The number of pyridine rings is 1. The molecule has 3 heteroatoms. The van der Waals surface area contributed by atoms with Gasteiger partial charge >= 0.3 is 5.97 Å². The number of carbonyl (C=O) groups is 1. The summed E-state index contributed by atoms with van der Waals surface area (Å²) in [5.41, 5.74) is 1.75. The fraction of sp³-hybridized carbons (Fsp3) is 0.111. The second kappa shape index (κ2) is 5.75. The van der Waals surface area contributed by atoms with Gasteiger partial charge in [0.15, 0.2) is 0 Å². The van der Waals surface area contributed by atoms with Crippen LogP contribution >= 0.6 is 0 Å². The molecule has 104 valence electrons. The van der Waals surface area contributed by atoms with Gasteiger partial charge < -0.3 is 4.74 Å². The van der Waals surface area contributed by atoms with Crippen molar-refractivity contribution in [2.75, 3.05) is 0 Å². The van der Waals surface area contributed by atoms with Crippen LogP contribution in [0.4, 0.5) is 0 Å². The van der Waals surface area contributed by atoms with E-state index in [0.29, 0.717) is 11.3 Å². The van der Waals surface area contributed by atoms with E-state index < -0.39 is 0 Å². The number of ether oxygens (including phenoxy) is 1. The average molecular weight is 277 g/mol. The maximum Gasteiger partial charge on any atom is 0.343 e. The van der Waals surface area contributed by atoms with Gasteiger partial charge in [0, 0.05) is 17.8 Å². The molecule has 0 saturated carbocycles. The van der Waals surface area contributed by atoms with Gasteiger partial charge in [-0.3, -0.25) is 4.98 Å². The Morgan fingerprint density at radius 2 is 1.86 bits per heavy atom. The highest BCUT2D eigenvalue weighted by atomic mass is 16.5. The number of fused-ring (bicyclic) bond motifs is 1. The Bertz CT molecular complexity index is 779. The van der Waals surface area contributed by atoms with Crippen molar-refractivity contribution in [1.82, 2.24) is 4.98 Å². The van der Waals surface area contributed by atoms with E-state index in [9.17, 15) is 4.79 Å². The molecule has 0 bridgehead atoms. The van der Waals surface area contributed by atoms with E-state index in [-0.39, 0.29) is 5.97 Å². The van der Waals surface area contributed by atoms with Crippen LogP contribution in [0.5, 0.6) is 5.75 Å². The molecule has 0 fully saturated rings. The van der Waals surface area contributed by atoms with Gasteiger partial charge in [-0.1, -0.05) is 25.1 Å². The van der Waals surface area contributed by atoms with E-state index in [0.717, 1.165) is 17.2 Å². The molecule has 0 spiro atoms. The summed E-state index contributed by atoms with van der Waals surface area (Å²) in [7, 11) is 0. The number of rotatable bonds is 3. The third kappa shape index (κ3) is 2.92. The number of esters is 1. The van der Waals surface area contributed by atoms with Crippen LogP contribution in [0.25, 0.3) is 10.8 Å². The zero-order valence-electron chi connectivity index (χ0n) is 11.7. The van der Waals surface area contributed by atoms with E-state index in [1.54, 1.807) is 30.6 Å². The lowest BCUT2D eigenvalue weighted by molar-refractivity contribution is 0.0735. The van der Waals surface area contributed by atoms with Crippen LogP contribution < -0.4 is 4.74 Å². The maximum atomic E-state index is 12.1. The van der Waals surface area contributed by atoms with Crippen molar-refractivity contribution >= 4 is 16.7 Å². The predicted molar refractivity (Wildman–Crippen MR) is 82.5 cm³/mol. The highest BCUT2D eigenvalue weighted by Crippen LogP contribution is 2.20. The van der Waals surface area contributed by atoms with Crippen LogP contribution in [0.1, 0.15) is 22.8 Å². The molecule has 0 amide bonds. The van der Waals surface area contributed by atoms with Gasteiger partial charge in [0.25, 0.3) is 0 Å². The van der Waals surface area contributed by atoms with Crippen LogP contribution in [0, 0.1) is 0 Å². The summed E-state index contributed by atoms with van der Waals surface area (Å²) in [6.07, 6.45) is 4.44. The monoisotopic (exact) mass is 277 g/mol. The molecule has 0 unspecified atom stereocenters. The Balaban J connectivity index is 1.81. The maximum absolute atomic E-state index is 12.1. The van der Waals surface area contributed by atoms with Gasteiger partial charge in [-0.05, 0) is 47.7 Å². The van der Waals surface area contributed by atoms with Crippen LogP contribution in [-0.4, -0.2) is 11.0 Å². The lowest BCUT2D eigenvalue weighted by Crippen LogP contribution is -2.08. The summed E-state index contributed by atoms with van der Waals surface area (Å²) in [4.78, 5) is 16.2. The summed E-state index contributed by atoms with van der Waals surface area (Å²) in [5, 5.41) is 2.02. The number of benzene rings is 2. The number of carbonyl (C=O) groups excluding carboxylic acids is 1. The zero-order valence-corrected chi connectivity index (χ0v) is 11.7. The summed E-state index contributed by atoms with van der Waals surface area (Å²) in [5.74, 6) is 0.181. The summed E-state index contributed by atoms with van der Waals surface area (Å²) < 4.78 is 5.42. The second-order valence-electron chi connectivity index (χ2n) is 4.82. The number of aromatic nitrogens is 1. The highest BCUT2D eigenvalue weighted by molar-refractivity contribution is 5.92. The first kappa shape index (κ1) is 13.3. The van der Waals surface area contributed by atoms with E-state index >= 15 is 0 Å². The molecule has 3 nitrogen and oxygen atoms in total. The normalized spacial score (nSPS) is 10.5. The minimum Gasteiger partial charge on any atom is -0.423 e. The largest absolute Gasteiger partial charge is 0.423 e. The van der Waals surface area contributed by atoms with E-state index in [1.165, 1.54) is 5.56 Å². The molecule has 0 radical (unpaired) electrons. The van der Waals surface area contributed by atoms with Gasteiger partial charge in [0.1, 0.15) is 5.75 Å². The van der Waals surface area contributed by atoms with Gasteiger partial charge in [-0.15, -0.1) is 0 Å². The molecule has 3 aromatic rings. The molecule has 3 rings (SSSR count). The Morgan fingerprint density at radius 1 is 1.05 bits per heavy atom. The highest BCUT2D eigenvalue weighted by Gasteiger charge is 2.08. The molecule has 2 aromatic carbocycles. The molecule has 1 aromatic heterocycles. The van der Waals surface area contributed by atoms with Gasteiger partial charge in [0.05, 0.1) is 5.56 Å². The Morgan fingerprint density at radius 3 is 2.62 bits per heavy atom. The van der Waals surface area contributed by atoms with E-state index in [4.69, 9.17) is 4.74 Å². The number of aryl methyl sites for hydroxylation is 1. The molecule has 0 aliphatic rings. The number of hydrogen-bond acceptors (Lipinski definition) is 3. The van der Waals surface area contributed by atoms with Crippen molar-refractivity contribution in [2.45, 2.75) is 13.3 Å². The van der Waals surface area contributed by atoms with Crippen LogP contribution in [-0.2, 0) is 6.42 Å². The predicted octanol–water partition coefficient (Wildman–Crippen LogP) is 4.02. The van der Waals surface area contributed by atoms with Crippen molar-refractivity contribution < 1.29 is 9.53 Å². The third-order valence-corrected chi connectivity index (χ3v) is 3.42. The Hall–Kier alpha value is -2.68. The van der Waals surface area contributed by atoms with Crippen molar-refractivity contribution in [3.05, 3.63) is 72.1 Å². The minimum absolute atomic E-state index is 0.346. The SMILES string of the molecule is CCc1ccc(C(=O)Oc2ccc3ccncc3c2)cc1. The first-order valence-electron chi connectivity index (χ1n) is 6.91. The average Bonchev–Trinajstić information content (AvgIpc) is 2.55. The molecule has 0 saturated heterocycles. The quantitative estimate of drug-likeness (QED) is 0.536. The minimum atomic E-state index is -0.346. The van der Waals surface area contributed by atoms with Crippen molar-refractivity contribution in [3.63, 3.8) is 0 Å². The second-order valence-corrected chi connectivity index (χ2v) is 4.82. The van der Waals surface area contributed by atoms with E-state index in [1.807, 2.05) is 30.3 Å². The van der Waals surface area contributed by atoms with Crippen molar-refractivity contribution in [3.8, 4) is 5.75 Å².